The smallest absolute Gasteiger partial charge is 0.175 e. The SMILES string of the molecule is OC1=C(P)CC(F)=C(F)C(P)=C1F. The van der Waals surface area contributed by atoms with Crippen LogP contribution in [0, 0.1) is 0 Å². The second-order valence-corrected chi connectivity index (χ2v) is 3.77. The molecule has 2 atom stereocenters. The second-order valence-electron chi connectivity index (χ2n) is 2.50. The third-order valence-corrected chi connectivity index (χ3v) is 2.55. The van der Waals surface area contributed by atoms with Crippen molar-refractivity contribution >= 4 is 18.5 Å². The highest BCUT2D eigenvalue weighted by atomic mass is 31.0. The van der Waals surface area contributed by atoms with Crippen LogP contribution in [0.25, 0.3) is 0 Å². The molecule has 0 fully saturated rings. The highest BCUT2D eigenvalue weighted by Gasteiger charge is 2.22. The molecule has 0 radical (unpaired) electrons. The number of halogens is 3. The molecule has 1 aliphatic carbocycles. The molecule has 13 heavy (non-hydrogen) atoms. The maximum atomic E-state index is 13.0. The van der Waals surface area contributed by atoms with E-state index in [2.05, 4.69) is 0 Å². The summed E-state index contributed by atoms with van der Waals surface area (Å²) in [4.78, 5) is 0. The summed E-state index contributed by atoms with van der Waals surface area (Å²) in [6, 6.07) is 0. The third kappa shape index (κ3) is 1.95. The summed E-state index contributed by atoms with van der Waals surface area (Å²) in [5, 5.41) is 8.48. The van der Waals surface area contributed by atoms with Crippen LogP contribution in [0.5, 0.6) is 0 Å². The van der Waals surface area contributed by atoms with E-state index in [1.165, 1.54) is 0 Å². The van der Waals surface area contributed by atoms with Crippen LogP contribution in [0.1, 0.15) is 6.42 Å². The van der Waals surface area contributed by atoms with Crippen LogP contribution in [0.2, 0.25) is 0 Å². The zero-order valence-electron chi connectivity index (χ0n) is 6.44. The maximum Gasteiger partial charge on any atom is 0.175 e. The number of allylic oxidation sites excluding steroid dienone is 5. The van der Waals surface area contributed by atoms with Crippen LogP contribution >= 0.6 is 18.5 Å². The average Bonchev–Trinajstić information content (AvgIpc) is 2.15. The lowest BCUT2D eigenvalue weighted by Crippen LogP contribution is -1.85. The van der Waals surface area contributed by atoms with Crippen molar-refractivity contribution in [3.63, 3.8) is 0 Å². The van der Waals surface area contributed by atoms with Crippen molar-refractivity contribution in [3.05, 3.63) is 33.9 Å². The van der Waals surface area contributed by atoms with E-state index in [1.807, 2.05) is 9.24 Å². The molecule has 0 bridgehead atoms. The van der Waals surface area contributed by atoms with Crippen molar-refractivity contribution in [2.45, 2.75) is 6.42 Å². The number of aliphatic hydroxyl groups excluding tert-OH is 1. The molecule has 6 heteroatoms. The van der Waals surface area contributed by atoms with Crippen molar-refractivity contribution in [2.24, 2.45) is 0 Å². The second kappa shape index (κ2) is 3.81. The van der Waals surface area contributed by atoms with Crippen LogP contribution < -0.4 is 0 Å². The number of rotatable bonds is 0. The largest absolute Gasteiger partial charge is 0.505 e. The van der Waals surface area contributed by atoms with Crippen molar-refractivity contribution in [3.8, 4) is 0 Å². The summed E-state index contributed by atoms with van der Waals surface area (Å²) in [6.07, 6.45) is -0.437. The predicted molar refractivity (Wildman–Crippen MR) is 51.1 cm³/mol. The van der Waals surface area contributed by atoms with Gasteiger partial charge in [-0.3, -0.25) is 0 Å². The Hall–Kier alpha value is -0.330. The van der Waals surface area contributed by atoms with Gasteiger partial charge in [0.2, 0.25) is 0 Å². The molecule has 0 aromatic carbocycles. The van der Waals surface area contributed by atoms with Crippen molar-refractivity contribution in [1.82, 2.24) is 0 Å². The van der Waals surface area contributed by atoms with Gasteiger partial charge in [-0.15, -0.1) is 9.24 Å². The third-order valence-electron chi connectivity index (χ3n) is 1.57. The lowest BCUT2D eigenvalue weighted by Gasteiger charge is -1.99. The van der Waals surface area contributed by atoms with Gasteiger partial charge in [-0.05, 0) is 5.31 Å². The first-order valence-corrected chi connectivity index (χ1v) is 4.48. The minimum atomic E-state index is -1.27. The van der Waals surface area contributed by atoms with Gasteiger partial charge in [0.25, 0.3) is 0 Å². The fourth-order valence-corrected chi connectivity index (χ4v) is 1.44. The fraction of sp³-hybridized carbons (Fsp3) is 0.143. The lowest BCUT2D eigenvalue weighted by molar-refractivity contribution is 0.384. The van der Waals surface area contributed by atoms with Crippen molar-refractivity contribution in [2.75, 3.05) is 0 Å². The molecule has 0 aliphatic heterocycles. The van der Waals surface area contributed by atoms with E-state index >= 15 is 0 Å². The number of hydrogen-bond acceptors (Lipinski definition) is 1. The van der Waals surface area contributed by atoms with Gasteiger partial charge in [0, 0.05) is 11.7 Å². The van der Waals surface area contributed by atoms with E-state index < -0.39 is 35.0 Å². The number of aliphatic hydroxyl groups is 1. The van der Waals surface area contributed by atoms with Crippen LogP contribution in [-0.4, -0.2) is 5.11 Å². The van der Waals surface area contributed by atoms with Crippen molar-refractivity contribution in [1.29, 1.82) is 0 Å². The van der Waals surface area contributed by atoms with Gasteiger partial charge in [0.1, 0.15) is 5.83 Å². The zero-order chi connectivity index (χ0) is 10.2. The molecule has 0 spiro atoms. The first-order chi connectivity index (χ1) is 5.95. The van der Waals surface area contributed by atoms with Crippen LogP contribution in [-0.2, 0) is 0 Å². The quantitative estimate of drug-likeness (QED) is 0.628. The molecule has 0 saturated heterocycles. The minimum Gasteiger partial charge on any atom is -0.505 e. The summed E-state index contributed by atoms with van der Waals surface area (Å²) >= 11 is 0. The highest BCUT2D eigenvalue weighted by molar-refractivity contribution is 7.23. The molecule has 0 heterocycles. The Kier molecular flexibility index (Phi) is 3.15. The zero-order valence-corrected chi connectivity index (χ0v) is 8.75. The predicted octanol–water partition coefficient (Wildman–Crippen LogP) is 3.24. The summed E-state index contributed by atoms with van der Waals surface area (Å²) in [5.74, 6) is -4.24. The van der Waals surface area contributed by atoms with E-state index in [0.717, 1.165) is 0 Å². The Morgan fingerprint density at radius 2 is 1.62 bits per heavy atom. The molecule has 1 N–H and O–H groups in total. The van der Waals surface area contributed by atoms with E-state index in [9.17, 15) is 13.2 Å². The normalized spacial score (nSPS) is 19.8. The molecule has 0 saturated carbocycles. The fourth-order valence-electron chi connectivity index (χ4n) is 0.840. The Labute approximate surface area is 77.8 Å². The topological polar surface area (TPSA) is 20.2 Å². The molecule has 0 amide bonds. The van der Waals surface area contributed by atoms with Crippen LogP contribution in [0.15, 0.2) is 33.9 Å². The van der Waals surface area contributed by atoms with Crippen LogP contribution in [0.4, 0.5) is 13.2 Å². The van der Waals surface area contributed by atoms with Gasteiger partial charge < -0.3 is 5.11 Å². The van der Waals surface area contributed by atoms with E-state index in [-0.39, 0.29) is 5.31 Å². The van der Waals surface area contributed by atoms with Gasteiger partial charge >= 0.3 is 0 Å². The Morgan fingerprint density at radius 1 is 1.08 bits per heavy atom. The van der Waals surface area contributed by atoms with Crippen molar-refractivity contribution < 1.29 is 18.3 Å². The van der Waals surface area contributed by atoms with Gasteiger partial charge in [-0.1, -0.05) is 9.24 Å². The molecule has 0 aromatic heterocycles. The van der Waals surface area contributed by atoms with E-state index in [0.29, 0.717) is 0 Å². The van der Waals surface area contributed by atoms with Crippen LogP contribution in [0.3, 0.4) is 0 Å². The Balaban J connectivity index is 3.35. The molecular weight excluding hydrogens is 219 g/mol. The summed E-state index contributed by atoms with van der Waals surface area (Å²) in [7, 11) is 3.67. The molecular formula is C7H7F3OP2. The van der Waals surface area contributed by atoms with E-state index in [4.69, 9.17) is 5.11 Å². The number of hydrogen-bond donors (Lipinski definition) is 1. The molecule has 2 unspecified atom stereocenters. The maximum absolute atomic E-state index is 13.0. The summed E-state index contributed by atoms with van der Waals surface area (Å²) in [5.41, 5.74) is 0. The Bertz CT molecular complexity index is 312. The highest BCUT2D eigenvalue weighted by Crippen LogP contribution is 2.38. The first kappa shape index (κ1) is 10.7. The van der Waals surface area contributed by atoms with Gasteiger partial charge in [0.15, 0.2) is 17.4 Å². The molecule has 1 aliphatic rings. The lowest BCUT2D eigenvalue weighted by atomic mass is 10.3. The standard InChI is InChI=1S/C7H7F3OP2/c8-2-1-3(12)6(11)5(10)7(13)4(2)9/h11H,1,12-13H2. The summed E-state index contributed by atoms with van der Waals surface area (Å²) < 4.78 is 38.7. The molecule has 1 nitrogen and oxygen atoms in total. The minimum absolute atomic E-state index is 0.0115. The van der Waals surface area contributed by atoms with Gasteiger partial charge in [0.05, 0.1) is 0 Å². The summed E-state index contributed by atoms with van der Waals surface area (Å²) in [6.45, 7) is 0. The Morgan fingerprint density at radius 3 is 2.15 bits per heavy atom. The average molecular weight is 226 g/mol. The van der Waals surface area contributed by atoms with Gasteiger partial charge in [-0.2, -0.15) is 0 Å². The molecule has 1 rings (SSSR count). The van der Waals surface area contributed by atoms with E-state index in [1.54, 1.807) is 9.24 Å². The molecule has 72 valence electrons. The first-order valence-electron chi connectivity index (χ1n) is 3.33. The molecule has 0 aromatic rings. The monoisotopic (exact) mass is 226 g/mol. The van der Waals surface area contributed by atoms with Gasteiger partial charge in [-0.25, -0.2) is 13.2 Å².